The lowest BCUT2D eigenvalue weighted by Crippen LogP contribution is -2.60. The van der Waals surface area contributed by atoms with Gasteiger partial charge in [-0.05, 0) is 54.0 Å². The Labute approximate surface area is 296 Å². The average molecular weight is 730 g/mol. The first-order valence-electron chi connectivity index (χ1n) is 17.2. The molecule has 0 aromatic carbocycles. The maximum atomic E-state index is 14.1. The van der Waals surface area contributed by atoms with Crippen molar-refractivity contribution in [2.45, 2.75) is 135 Å². The molecule has 0 spiro atoms. The summed E-state index contributed by atoms with van der Waals surface area (Å²) in [6.45, 7) is 12.5. The number of carbonyl (C=O) groups is 4. The highest BCUT2D eigenvalue weighted by Crippen LogP contribution is 2.43. The number of hydrogen-bond acceptors (Lipinski definition) is 14. The van der Waals surface area contributed by atoms with E-state index in [1.165, 1.54) is 27.7 Å². The van der Waals surface area contributed by atoms with Crippen molar-refractivity contribution >= 4 is 33.6 Å². The summed E-state index contributed by atoms with van der Waals surface area (Å²) in [5.41, 5.74) is -3.47. The molecule has 3 heterocycles. The lowest BCUT2D eigenvalue weighted by molar-refractivity contribution is -0.295. The third-order valence-electron chi connectivity index (χ3n) is 10.3. The minimum absolute atomic E-state index is 0.0157. The molecule has 50 heavy (non-hydrogen) atoms. The molecular formula is C35H55NO13S. The number of esters is 2. The summed E-state index contributed by atoms with van der Waals surface area (Å²) in [5, 5.41) is 11.7. The Morgan fingerprint density at radius 1 is 1.10 bits per heavy atom. The predicted octanol–water partition coefficient (Wildman–Crippen LogP) is 2.03. The van der Waals surface area contributed by atoms with E-state index < -0.39 is 99.2 Å². The number of hydrogen-bond donors (Lipinski definition) is 1. The molecule has 3 fully saturated rings. The number of cyclic esters (lactones) is 1. The molecule has 0 amide bonds. The molecule has 14 nitrogen and oxygen atoms in total. The first kappa shape index (κ1) is 42.0. The number of carbonyl (C=O) groups excluding carboxylic acids is 4. The van der Waals surface area contributed by atoms with Gasteiger partial charge in [0.05, 0.1) is 36.7 Å². The largest absolute Gasteiger partial charge is 0.459 e. The van der Waals surface area contributed by atoms with Crippen LogP contribution in [0.15, 0.2) is 0 Å². The van der Waals surface area contributed by atoms with E-state index in [1.54, 1.807) is 20.8 Å². The Morgan fingerprint density at radius 2 is 1.72 bits per heavy atom. The van der Waals surface area contributed by atoms with Gasteiger partial charge in [0.15, 0.2) is 18.2 Å². The summed E-state index contributed by atoms with van der Waals surface area (Å²) in [4.78, 5) is 56.1. The summed E-state index contributed by atoms with van der Waals surface area (Å²) < 4.78 is 60.8. The monoisotopic (exact) mass is 729 g/mol. The fourth-order valence-electron chi connectivity index (χ4n) is 7.60. The van der Waals surface area contributed by atoms with E-state index in [-0.39, 0.29) is 31.6 Å². The highest BCUT2D eigenvalue weighted by atomic mass is 32.2. The number of Topliss-reactive ketones (excluding diaryl/α,β-unsaturated/α-hetero) is 2. The van der Waals surface area contributed by atoms with Gasteiger partial charge in [0.1, 0.15) is 29.5 Å². The van der Waals surface area contributed by atoms with Crippen LogP contribution < -0.4 is 0 Å². The van der Waals surface area contributed by atoms with E-state index >= 15 is 0 Å². The van der Waals surface area contributed by atoms with E-state index in [1.807, 2.05) is 18.9 Å². The Morgan fingerprint density at radius 3 is 2.28 bits per heavy atom. The van der Waals surface area contributed by atoms with Gasteiger partial charge < -0.3 is 28.8 Å². The molecule has 2 bridgehead atoms. The van der Waals surface area contributed by atoms with Gasteiger partial charge in [-0.25, -0.2) is 0 Å². The third-order valence-corrected chi connectivity index (χ3v) is 10.9. The number of aliphatic hydroxyl groups is 1. The molecule has 3 rings (SSSR count). The van der Waals surface area contributed by atoms with Crippen molar-refractivity contribution in [2.24, 2.45) is 23.7 Å². The van der Waals surface area contributed by atoms with Crippen LogP contribution in [0.2, 0.25) is 0 Å². The molecule has 3 aliphatic heterocycles. The fraction of sp³-hybridized carbons (Fsp3) is 0.829. The number of rotatable bonds is 9. The number of likely N-dealkylation sites (N-methyl/N-ethyl adjacent to an activating group) is 1. The molecule has 0 aliphatic carbocycles. The molecule has 284 valence electrons. The van der Waals surface area contributed by atoms with Crippen LogP contribution in [0, 0.1) is 36.0 Å². The maximum absolute atomic E-state index is 14.1. The van der Waals surface area contributed by atoms with E-state index in [0.717, 1.165) is 6.26 Å². The van der Waals surface area contributed by atoms with Crippen LogP contribution in [0.5, 0.6) is 0 Å². The molecule has 15 heteroatoms. The van der Waals surface area contributed by atoms with Crippen LogP contribution in [0.1, 0.15) is 81.1 Å². The lowest BCUT2D eigenvalue weighted by Gasteiger charge is -2.47. The van der Waals surface area contributed by atoms with Crippen molar-refractivity contribution in [3.05, 3.63) is 0 Å². The Bertz CT molecular complexity index is 1410. The molecule has 0 radical (unpaired) electrons. The molecule has 3 saturated heterocycles. The van der Waals surface area contributed by atoms with Crippen molar-refractivity contribution in [1.29, 1.82) is 0 Å². The van der Waals surface area contributed by atoms with Gasteiger partial charge in [0.25, 0.3) is 10.1 Å². The smallest absolute Gasteiger partial charge is 0.316 e. The second kappa shape index (κ2) is 16.5. The number of fused-ring (bicyclic) bond motifs is 2. The van der Waals surface area contributed by atoms with Crippen LogP contribution in [-0.4, -0.2) is 122 Å². The van der Waals surface area contributed by atoms with Gasteiger partial charge in [0, 0.05) is 37.6 Å². The number of terminal acetylenes is 1. The minimum Gasteiger partial charge on any atom is -0.459 e. The van der Waals surface area contributed by atoms with E-state index in [9.17, 15) is 32.7 Å². The predicted molar refractivity (Wildman–Crippen MR) is 180 cm³/mol. The summed E-state index contributed by atoms with van der Waals surface area (Å²) in [6.07, 6.45) is 0.722. The number of nitrogens with zero attached hydrogens (tertiary/aromatic N) is 1. The molecule has 0 aromatic rings. The lowest BCUT2D eigenvalue weighted by atomic mass is 9.75. The molecule has 13 atom stereocenters. The van der Waals surface area contributed by atoms with Gasteiger partial charge >= 0.3 is 11.9 Å². The molecular weight excluding hydrogens is 674 g/mol. The van der Waals surface area contributed by atoms with E-state index in [2.05, 4.69) is 5.92 Å². The van der Waals surface area contributed by atoms with Crippen LogP contribution in [0.25, 0.3) is 0 Å². The summed E-state index contributed by atoms with van der Waals surface area (Å²) >= 11 is 0. The normalized spacial score (nSPS) is 40.5. The molecule has 0 aromatic heterocycles. The first-order chi connectivity index (χ1) is 23.1. The first-order valence-corrected chi connectivity index (χ1v) is 19.0. The zero-order chi connectivity index (χ0) is 37.9. The molecule has 1 N–H and O–H groups in total. The highest BCUT2D eigenvalue weighted by molar-refractivity contribution is 7.86. The topological polar surface area (TPSA) is 181 Å². The van der Waals surface area contributed by atoms with Gasteiger partial charge in [0.2, 0.25) is 0 Å². The van der Waals surface area contributed by atoms with Crippen LogP contribution in [-0.2, 0) is 57.2 Å². The van der Waals surface area contributed by atoms with Gasteiger partial charge in [-0.3, -0.25) is 28.3 Å². The molecule has 0 unspecified atom stereocenters. The molecule has 0 saturated carbocycles. The van der Waals surface area contributed by atoms with Crippen molar-refractivity contribution in [1.82, 2.24) is 4.90 Å². The van der Waals surface area contributed by atoms with E-state index in [4.69, 9.17) is 34.3 Å². The van der Waals surface area contributed by atoms with Crippen molar-refractivity contribution in [3.8, 4) is 12.3 Å². The Hall–Kier alpha value is -2.45. The fourth-order valence-corrected chi connectivity index (χ4v) is 8.34. The van der Waals surface area contributed by atoms with Crippen LogP contribution in [0.4, 0.5) is 0 Å². The zero-order valence-corrected chi connectivity index (χ0v) is 31.7. The Balaban J connectivity index is 2.12. The highest BCUT2D eigenvalue weighted by Gasteiger charge is 2.56. The van der Waals surface area contributed by atoms with Crippen LogP contribution >= 0.6 is 0 Å². The van der Waals surface area contributed by atoms with Gasteiger partial charge in [-0.15, -0.1) is 12.3 Å². The third kappa shape index (κ3) is 9.50. The quantitative estimate of drug-likeness (QED) is 0.158. The number of ketones is 2. The van der Waals surface area contributed by atoms with E-state index in [0.29, 0.717) is 19.4 Å². The van der Waals surface area contributed by atoms with Crippen LogP contribution in [0.3, 0.4) is 0 Å². The van der Waals surface area contributed by atoms with Crippen molar-refractivity contribution in [3.63, 3.8) is 0 Å². The summed E-state index contributed by atoms with van der Waals surface area (Å²) in [7, 11) is -2.35. The average Bonchev–Trinajstić information content (AvgIpc) is 3.44. The maximum Gasteiger partial charge on any atom is 0.316 e. The van der Waals surface area contributed by atoms with Crippen molar-refractivity contribution in [2.75, 3.05) is 26.5 Å². The standard InChI is InChI=1S/C35H55NO13S/c1-12-14-15-36(10)25-16-19(3)45-33(29(25)46-23(7)37)48-30-20(4)27(38)22(6)32(40)47-26(13-2)35(9,41)31(49-50(11,42)43)21(5)28(39)24-17-34(30,8)44-18-24/h1,19-22,24-26,29-31,33,41H,13-18H2,2-11H3/t19-,20+,21+,22-,24+,25+,26-,29-,30-,31-,33+,34-,35-/m1/s1. The molecule has 3 aliphatic rings. The summed E-state index contributed by atoms with van der Waals surface area (Å²) in [6, 6.07) is -0.363. The second-order valence-electron chi connectivity index (χ2n) is 14.6. The van der Waals surface area contributed by atoms with Crippen molar-refractivity contribution < 1.29 is 60.6 Å². The zero-order valence-electron chi connectivity index (χ0n) is 30.9. The number of ether oxygens (including phenoxy) is 5. The summed E-state index contributed by atoms with van der Waals surface area (Å²) in [5.74, 6) is -4.34. The Kier molecular flexibility index (Phi) is 13.8. The van der Waals surface area contributed by atoms with Gasteiger partial charge in [-0.2, -0.15) is 8.42 Å². The minimum atomic E-state index is -4.21. The second-order valence-corrected chi connectivity index (χ2v) is 16.2. The SMILES string of the molecule is C#CCCN(C)[C@H]1C[C@@H](C)O[C@@H](O[C@@H]2[C@@H](C)C(=O)[C@@H](C)C(=O)O[C@H](CC)[C@@](C)(O)[C@H](OS(C)(=O)=O)[C@@H](C)C(=O)[C@@H]3CO[C@]2(C)C3)[C@@H]1OC(C)=O. The van der Waals surface area contributed by atoms with Gasteiger partial charge in [-0.1, -0.05) is 20.8 Å².